The van der Waals surface area contributed by atoms with Crippen molar-refractivity contribution in [1.29, 1.82) is 0 Å². The van der Waals surface area contributed by atoms with Gasteiger partial charge in [-0.05, 0) is 36.2 Å². The number of nitrogens with one attached hydrogen (secondary N) is 2. The molecule has 0 bridgehead atoms. The molecule has 1 atom stereocenters. The third-order valence-corrected chi connectivity index (χ3v) is 5.68. The second-order valence-corrected chi connectivity index (χ2v) is 8.73. The van der Waals surface area contributed by atoms with Crippen LogP contribution in [0, 0.1) is 5.92 Å². The van der Waals surface area contributed by atoms with Crippen LogP contribution in [0.4, 0.5) is 5.13 Å². The number of carbonyl (C=O) groups is 2. The molecule has 9 heteroatoms. The highest BCUT2D eigenvalue weighted by molar-refractivity contribution is 9.10. The van der Waals surface area contributed by atoms with Crippen molar-refractivity contribution in [3.8, 4) is 16.3 Å². The standard InChI is InChI=1S/C21H21BrN4O3S/c1-12(2)17(23-18(27)13-6-4-8-15(22)10-13)19(28)24-21-26-25-20(30-21)14-7-5-9-16(11-14)29-3/h4-12,17H,1-3H3,(H,23,27)(H,24,26,28). The fraction of sp³-hybridized carbons (Fsp3) is 0.238. The van der Waals surface area contributed by atoms with Crippen molar-refractivity contribution in [2.24, 2.45) is 5.92 Å². The Kier molecular flexibility index (Phi) is 7.17. The molecule has 2 N–H and O–H groups in total. The fourth-order valence-electron chi connectivity index (χ4n) is 2.72. The molecular weight excluding hydrogens is 468 g/mol. The summed E-state index contributed by atoms with van der Waals surface area (Å²) in [6, 6.07) is 13.7. The number of halogens is 1. The topological polar surface area (TPSA) is 93.2 Å². The predicted molar refractivity (Wildman–Crippen MR) is 121 cm³/mol. The van der Waals surface area contributed by atoms with Crippen LogP contribution in [0.5, 0.6) is 5.75 Å². The normalized spacial score (nSPS) is 11.8. The first-order chi connectivity index (χ1) is 14.4. The van der Waals surface area contributed by atoms with E-state index < -0.39 is 6.04 Å². The zero-order valence-corrected chi connectivity index (χ0v) is 19.1. The Balaban J connectivity index is 1.71. The highest BCUT2D eigenvalue weighted by atomic mass is 79.9. The lowest BCUT2D eigenvalue weighted by atomic mass is 10.0. The molecule has 0 saturated heterocycles. The van der Waals surface area contributed by atoms with Crippen LogP contribution in [0.1, 0.15) is 24.2 Å². The van der Waals surface area contributed by atoms with Crippen LogP contribution in [-0.2, 0) is 4.79 Å². The summed E-state index contributed by atoms with van der Waals surface area (Å²) in [7, 11) is 1.60. The van der Waals surface area contributed by atoms with E-state index in [-0.39, 0.29) is 17.7 Å². The number of benzene rings is 2. The molecule has 0 aliphatic carbocycles. The number of hydrogen-bond acceptors (Lipinski definition) is 6. The number of ether oxygens (including phenoxy) is 1. The number of hydrogen-bond donors (Lipinski definition) is 2. The average molecular weight is 489 g/mol. The Hall–Kier alpha value is -2.78. The minimum Gasteiger partial charge on any atom is -0.497 e. The van der Waals surface area contributed by atoms with E-state index in [0.717, 1.165) is 10.0 Å². The van der Waals surface area contributed by atoms with Crippen molar-refractivity contribution in [2.45, 2.75) is 19.9 Å². The summed E-state index contributed by atoms with van der Waals surface area (Å²) in [5.41, 5.74) is 1.31. The summed E-state index contributed by atoms with van der Waals surface area (Å²) in [6.07, 6.45) is 0. The fourth-order valence-corrected chi connectivity index (χ4v) is 3.86. The molecule has 2 amide bonds. The van der Waals surface area contributed by atoms with Crippen LogP contribution in [0.2, 0.25) is 0 Å². The van der Waals surface area contributed by atoms with Crippen molar-refractivity contribution in [3.05, 3.63) is 58.6 Å². The Morgan fingerprint density at radius 3 is 2.57 bits per heavy atom. The van der Waals surface area contributed by atoms with Gasteiger partial charge in [0.2, 0.25) is 11.0 Å². The van der Waals surface area contributed by atoms with Gasteiger partial charge in [-0.25, -0.2) is 0 Å². The van der Waals surface area contributed by atoms with Crippen LogP contribution in [0.3, 0.4) is 0 Å². The average Bonchev–Trinajstić information content (AvgIpc) is 3.20. The molecule has 1 unspecified atom stereocenters. The molecule has 0 aliphatic heterocycles. The molecule has 1 aromatic heterocycles. The molecule has 156 valence electrons. The minimum absolute atomic E-state index is 0.119. The predicted octanol–water partition coefficient (Wildman–Crippen LogP) is 4.37. The van der Waals surface area contributed by atoms with Gasteiger partial charge in [0.05, 0.1) is 7.11 Å². The van der Waals surface area contributed by atoms with Gasteiger partial charge in [0.15, 0.2) is 0 Å². The Morgan fingerprint density at radius 2 is 1.87 bits per heavy atom. The zero-order valence-electron chi connectivity index (χ0n) is 16.7. The van der Waals surface area contributed by atoms with Crippen LogP contribution in [-0.4, -0.2) is 35.2 Å². The lowest BCUT2D eigenvalue weighted by Crippen LogP contribution is -2.47. The van der Waals surface area contributed by atoms with Gasteiger partial charge in [0.25, 0.3) is 5.91 Å². The van der Waals surface area contributed by atoms with E-state index in [1.165, 1.54) is 11.3 Å². The highest BCUT2D eigenvalue weighted by Gasteiger charge is 2.26. The highest BCUT2D eigenvalue weighted by Crippen LogP contribution is 2.29. The van der Waals surface area contributed by atoms with Crippen LogP contribution in [0.15, 0.2) is 53.0 Å². The summed E-state index contributed by atoms with van der Waals surface area (Å²) in [5, 5.41) is 14.8. The molecule has 30 heavy (non-hydrogen) atoms. The van der Waals surface area contributed by atoms with Crippen LogP contribution < -0.4 is 15.4 Å². The molecule has 0 radical (unpaired) electrons. The maximum atomic E-state index is 12.8. The van der Waals surface area contributed by atoms with Gasteiger partial charge in [-0.1, -0.05) is 59.3 Å². The van der Waals surface area contributed by atoms with Crippen molar-refractivity contribution in [3.63, 3.8) is 0 Å². The Morgan fingerprint density at radius 1 is 1.10 bits per heavy atom. The van der Waals surface area contributed by atoms with Crippen LogP contribution >= 0.6 is 27.3 Å². The van der Waals surface area contributed by atoms with Gasteiger partial charge in [0.1, 0.15) is 16.8 Å². The van der Waals surface area contributed by atoms with E-state index in [2.05, 4.69) is 36.8 Å². The summed E-state index contributed by atoms with van der Waals surface area (Å²) in [5.74, 6) is -0.0727. The van der Waals surface area contributed by atoms with Gasteiger partial charge in [-0.2, -0.15) is 0 Å². The summed E-state index contributed by atoms with van der Waals surface area (Å²) in [4.78, 5) is 25.4. The third kappa shape index (κ3) is 5.43. The summed E-state index contributed by atoms with van der Waals surface area (Å²) in [6.45, 7) is 3.74. The quantitative estimate of drug-likeness (QED) is 0.514. The minimum atomic E-state index is -0.722. The molecule has 0 spiro atoms. The summed E-state index contributed by atoms with van der Waals surface area (Å²) < 4.78 is 6.02. The number of nitrogens with zero attached hydrogens (tertiary/aromatic N) is 2. The second-order valence-electron chi connectivity index (χ2n) is 6.84. The molecule has 7 nitrogen and oxygen atoms in total. The number of carbonyl (C=O) groups excluding carboxylic acids is 2. The maximum absolute atomic E-state index is 12.8. The number of rotatable bonds is 7. The molecule has 1 heterocycles. The van der Waals surface area contributed by atoms with E-state index in [9.17, 15) is 9.59 Å². The van der Waals surface area contributed by atoms with Crippen molar-refractivity contribution in [2.75, 3.05) is 12.4 Å². The lowest BCUT2D eigenvalue weighted by Gasteiger charge is -2.21. The van der Waals surface area contributed by atoms with E-state index in [1.807, 2.05) is 44.2 Å². The van der Waals surface area contributed by atoms with E-state index in [0.29, 0.717) is 21.5 Å². The van der Waals surface area contributed by atoms with Gasteiger partial charge >= 0.3 is 0 Å². The smallest absolute Gasteiger partial charge is 0.251 e. The SMILES string of the molecule is COc1cccc(-c2nnc(NC(=O)C(NC(=O)c3cccc(Br)c3)C(C)C)s2)c1. The van der Waals surface area contributed by atoms with Crippen molar-refractivity contribution in [1.82, 2.24) is 15.5 Å². The maximum Gasteiger partial charge on any atom is 0.251 e. The molecule has 2 aromatic carbocycles. The Labute approximate surface area is 187 Å². The number of amides is 2. The molecular formula is C21H21BrN4O3S. The van der Waals surface area contributed by atoms with Crippen molar-refractivity contribution < 1.29 is 14.3 Å². The summed E-state index contributed by atoms with van der Waals surface area (Å²) >= 11 is 4.60. The molecule has 0 saturated carbocycles. The van der Waals surface area contributed by atoms with Crippen LogP contribution in [0.25, 0.3) is 10.6 Å². The molecule has 0 fully saturated rings. The zero-order chi connectivity index (χ0) is 21.7. The Bertz CT molecular complexity index is 1050. The molecule has 0 aliphatic rings. The first kappa shape index (κ1) is 21.9. The first-order valence-electron chi connectivity index (χ1n) is 9.22. The van der Waals surface area contributed by atoms with E-state index in [1.54, 1.807) is 25.3 Å². The number of anilines is 1. The number of aromatic nitrogens is 2. The van der Waals surface area contributed by atoms with Gasteiger partial charge in [-0.15, -0.1) is 10.2 Å². The van der Waals surface area contributed by atoms with Gasteiger partial charge in [-0.3, -0.25) is 14.9 Å². The van der Waals surface area contributed by atoms with E-state index in [4.69, 9.17) is 4.74 Å². The largest absolute Gasteiger partial charge is 0.497 e. The van der Waals surface area contributed by atoms with Crippen molar-refractivity contribution >= 4 is 44.2 Å². The van der Waals surface area contributed by atoms with Gasteiger partial charge < -0.3 is 10.1 Å². The number of methoxy groups -OCH3 is 1. The second kappa shape index (κ2) is 9.82. The first-order valence-corrected chi connectivity index (χ1v) is 10.8. The van der Waals surface area contributed by atoms with Gasteiger partial charge in [0, 0.05) is 15.6 Å². The third-order valence-electron chi connectivity index (χ3n) is 4.29. The molecule has 3 aromatic rings. The monoisotopic (exact) mass is 488 g/mol. The molecule has 3 rings (SSSR count). The van der Waals surface area contributed by atoms with E-state index >= 15 is 0 Å². The lowest BCUT2D eigenvalue weighted by molar-refractivity contribution is -0.118.